The van der Waals surface area contributed by atoms with Crippen LogP contribution in [0.15, 0.2) is 58.4 Å². The Morgan fingerprint density at radius 1 is 1.05 bits per heavy atom. The Morgan fingerprint density at radius 3 is 2.37 bits per heavy atom. The highest BCUT2D eigenvalue weighted by atomic mass is 32.2. The third-order valence-corrected chi connectivity index (χ3v) is 3.67. The van der Waals surface area contributed by atoms with Crippen LogP contribution in [0.2, 0.25) is 0 Å². The molecule has 2 aromatic rings. The van der Waals surface area contributed by atoms with Crippen LogP contribution in [0, 0.1) is 0 Å². The average Bonchev–Trinajstić information content (AvgIpc) is 2.37. The molecule has 0 heterocycles. The lowest BCUT2D eigenvalue weighted by Crippen LogP contribution is -1.99. The maximum absolute atomic E-state index is 11.5. The van der Waals surface area contributed by atoms with Crippen molar-refractivity contribution in [3.05, 3.63) is 54.1 Å². The van der Waals surface area contributed by atoms with E-state index >= 15 is 0 Å². The first-order valence-electron chi connectivity index (χ1n) is 5.59. The van der Waals surface area contributed by atoms with E-state index in [0.29, 0.717) is 5.56 Å². The topological polar surface area (TPSA) is 66.7 Å². The highest BCUT2D eigenvalue weighted by molar-refractivity contribution is 7.90. The van der Waals surface area contributed by atoms with Gasteiger partial charge in [0.1, 0.15) is 10.6 Å². The van der Waals surface area contributed by atoms with E-state index in [-0.39, 0.29) is 10.6 Å². The van der Waals surface area contributed by atoms with Crippen molar-refractivity contribution in [3.63, 3.8) is 0 Å². The predicted octanol–water partition coefficient (Wildman–Crippen LogP) is 2.55. The Bertz CT molecular complexity index is 707. The van der Waals surface area contributed by atoms with Crippen LogP contribution >= 0.6 is 0 Å². The number of sulfone groups is 1. The first kappa shape index (κ1) is 13.3. The molecule has 0 fully saturated rings. The minimum absolute atomic E-state index is 0.0930. The molecule has 4 nitrogen and oxygen atoms in total. The van der Waals surface area contributed by atoms with Gasteiger partial charge in [-0.1, -0.05) is 24.3 Å². The summed E-state index contributed by atoms with van der Waals surface area (Å²) in [6, 6.07) is 13.7. The molecule has 0 amide bonds. The van der Waals surface area contributed by atoms with Crippen LogP contribution in [-0.4, -0.2) is 26.0 Å². The molecule has 0 aromatic heterocycles. The monoisotopic (exact) mass is 275 g/mol. The molecule has 2 rings (SSSR count). The Hall–Kier alpha value is -2.14. The SMILES string of the molecule is CS(=O)(=O)c1cccc(/C=N/c2ccccc2)c1O. The number of rotatable bonds is 3. The lowest BCUT2D eigenvalue weighted by Gasteiger charge is -2.04. The second kappa shape index (κ2) is 5.24. The van der Waals surface area contributed by atoms with E-state index in [4.69, 9.17) is 0 Å². The number of phenolic OH excluding ortho intramolecular Hbond substituents is 1. The summed E-state index contributed by atoms with van der Waals surface area (Å²) in [6.07, 6.45) is 2.50. The quantitative estimate of drug-likeness (QED) is 0.875. The molecule has 0 aliphatic carbocycles. The van der Waals surface area contributed by atoms with Gasteiger partial charge in [0.2, 0.25) is 0 Å². The van der Waals surface area contributed by atoms with Crippen LogP contribution in [0.1, 0.15) is 5.56 Å². The summed E-state index contributed by atoms with van der Waals surface area (Å²) in [5, 5.41) is 9.93. The van der Waals surface area contributed by atoms with E-state index in [0.717, 1.165) is 11.9 Å². The minimum Gasteiger partial charge on any atom is -0.506 e. The van der Waals surface area contributed by atoms with Crippen LogP contribution in [0.4, 0.5) is 5.69 Å². The van der Waals surface area contributed by atoms with Gasteiger partial charge in [0, 0.05) is 18.0 Å². The average molecular weight is 275 g/mol. The summed E-state index contributed by atoms with van der Waals surface area (Å²) in [4.78, 5) is 4.09. The summed E-state index contributed by atoms with van der Waals surface area (Å²) >= 11 is 0. The van der Waals surface area contributed by atoms with E-state index in [1.807, 2.05) is 30.3 Å². The van der Waals surface area contributed by atoms with E-state index < -0.39 is 9.84 Å². The molecule has 0 saturated carbocycles. The molecule has 0 aliphatic heterocycles. The molecular weight excluding hydrogens is 262 g/mol. The van der Waals surface area contributed by atoms with Gasteiger partial charge in [-0.05, 0) is 24.3 Å². The molecule has 5 heteroatoms. The number of benzene rings is 2. The molecule has 0 atom stereocenters. The van der Waals surface area contributed by atoms with Gasteiger partial charge in [-0.25, -0.2) is 8.42 Å². The Labute approximate surface area is 112 Å². The number of para-hydroxylation sites is 2. The molecule has 19 heavy (non-hydrogen) atoms. The second-order valence-electron chi connectivity index (χ2n) is 4.06. The van der Waals surface area contributed by atoms with Crippen LogP contribution in [-0.2, 0) is 9.84 Å². The van der Waals surface area contributed by atoms with Crippen molar-refractivity contribution in [1.29, 1.82) is 0 Å². The van der Waals surface area contributed by atoms with Crippen molar-refractivity contribution in [2.24, 2.45) is 4.99 Å². The minimum atomic E-state index is -3.45. The van der Waals surface area contributed by atoms with Gasteiger partial charge in [0.25, 0.3) is 0 Å². The lowest BCUT2D eigenvalue weighted by molar-refractivity contribution is 0.458. The Morgan fingerprint density at radius 2 is 1.74 bits per heavy atom. The van der Waals surface area contributed by atoms with Gasteiger partial charge in [0.05, 0.1) is 5.69 Å². The zero-order valence-corrected chi connectivity index (χ0v) is 11.1. The number of hydrogen-bond acceptors (Lipinski definition) is 4. The first-order valence-corrected chi connectivity index (χ1v) is 7.49. The zero-order chi connectivity index (χ0) is 13.9. The second-order valence-corrected chi connectivity index (χ2v) is 6.04. The van der Waals surface area contributed by atoms with Gasteiger partial charge in [-0.3, -0.25) is 4.99 Å². The summed E-state index contributed by atoms with van der Waals surface area (Å²) in [5.41, 5.74) is 1.10. The van der Waals surface area contributed by atoms with Crippen LogP contribution < -0.4 is 0 Å². The Kier molecular flexibility index (Phi) is 3.66. The summed E-state index contributed by atoms with van der Waals surface area (Å²) < 4.78 is 23.0. The maximum atomic E-state index is 11.5. The largest absolute Gasteiger partial charge is 0.506 e. The highest BCUT2D eigenvalue weighted by Gasteiger charge is 2.14. The number of phenols is 1. The van der Waals surface area contributed by atoms with E-state index in [9.17, 15) is 13.5 Å². The van der Waals surface area contributed by atoms with E-state index in [2.05, 4.69) is 4.99 Å². The number of aliphatic imine (C=N–C) groups is 1. The fraction of sp³-hybridized carbons (Fsp3) is 0.0714. The number of hydrogen-bond donors (Lipinski definition) is 1. The van der Waals surface area contributed by atoms with E-state index in [1.54, 1.807) is 12.1 Å². The molecule has 2 aromatic carbocycles. The molecule has 0 saturated heterocycles. The molecule has 98 valence electrons. The third-order valence-electron chi connectivity index (χ3n) is 2.54. The number of aromatic hydroxyl groups is 1. The summed E-state index contributed by atoms with van der Waals surface area (Å²) in [5.74, 6) is -0.273. The normalized spacial score (nSPS) is 11.8. The van der Waals surface area contributed by atoms with E-state index in [1.165, 1.54) is 12.3 Å². The molecule has 0 spiro atoms. The first-order chi connectivity index (χ1) is 8.98. The lowest BCUT2D eigenvalue weighted by atomic mass is 10.2. The van der Waals surface area contributed by atoms with Gasteiger partial charge in [0.15, 0.2) is 9.84 Å². The smallest absolute Gasteiger partial charge is 0.179 e. The van der Waals surface area contributed by atoms with Crippen molar-refractivity contribution in [1.82, 2.24) is 0 Å². The van der Waals surface area contributed by atoms with Gasteiger partial charge < -0.3 is 5.11 Å². The molecule has 0 aliphatic rings. The van der Waals surface area contributed by atoms with Crippen molar-refractivity contribution in [3.8, 4) is 5.75 Å². The van der Waals surface area contributed by atoms with Gasteiger partial charge in [-0.15, -0.1) is 0 Å². The van der Waals surface area contributed by atoms with Crippen molar-refractivity contribution in [2.75, 3.05) is 6.26 Å². The molecule has 0 unspecified atom stereocenters. The number of nitrogens with zero attached hydrogens (tertiary/aromatic N) is 1. The maximum Gasteiger partial charge on any atom is 0.179 e. The third kappa shape index (κ3) is 3.20. The predicted molar refractivity (Wildman–Crippen MR) is 74.9 cm³/mol. The van der Waals surface area contributed by atoms with Crippen molar-refractivity contribution in [2.45, 2.75) is 4.90 Å². The molecule has 1 N–H and O–H groups in total. The van der Waals surface area contributed by atoms with Crippen molar-refractivity contribution < 1.29 is 13.5 Å². The highest BCUT2D eigenvalue weighted by Crippen LogP contribution is 2.25. The summed E-state index contributed by atoms with van der Waals surface area (Å²) in [7, 11) is -3.45. The van der Waals surface area contributed by atoms with Crippen molar-refractivity contribution >= 4 is 21.7 Å². The fourth-order valence-electron chi connectivity index (χ4n) is 1.60. The molecule has 0 bridgehead atoms. The Balaban J connectivity index is 2.40. The fourth-order valence-corrected chi connectivity index (χ4v) is 2.40. The van der Waals surface area contributed by atoms with Crippen LogP contribution in [0.25, 0.3) is 0 Å². The standard InChI is InChI=1S/C14H13NO3S/c1-19(17,18)13-9-5-6-11(14(13)16)10-15-12-7-3-2-4-8-12/h2-10,16H,1H3/b15-10+. The van der Waals surface area contributed by atoms with Crippen LogP contribution in [0.3, 0.4) is 0 Å². The molecular formula is C14H13NO3S. The molecule has 0 radical (unpaired) electrons. The summed E-state index contributed by atoms with van der Waals surface area (Å²) in [6.45, 7) is 0. The van der Waals surface area contributed by atoms with Crippen LogP contribution in [0.5, 0.6) is 5.75 Å². The zero-order valence-electron chi connectivity index (χ0n) is 10.3. The van der Waals surface area contributed by atoms with Gasteiger partial charge >= 0.3 is 0 Å². The van der Waals surface area contributed by atoms with Gasteiger partial charge in [-0.2, -0.15) is 0 Å².